The van der Waals surface area contributed by atoms with Crippen LogP contribution in [0.5, 0.6) is 0 Å². The number of nitrogens with one attached hydrogen (secondary N) is 1. The molecule has 1 aromatic rings. The lowest BCUT2D eigenvalue weighted by Gasteiger charge is -2.23. The molecule has 0 aromatic carbocycles. The molecule has 0 radical (unpaired) electrons. The summed E-state index contributed by atoms with van der Waals surface area (Å²) in [5.74, 6) is 0.552. The molecule has 110 valence electrons. The van der Waals surface area contributed by atoms with Gasteiger partial charge in [-0.1, -0.05) is 0 Å². The van der Waals surface area contributed by atoms with E-state index in [0.29, 0.717) is 17.1 Å². The van der Waals surface area contributed by atoms with Gasteiger partial charge in [0.2, 0.25) is 5.91 Å². The van der Waals surface area contributed by atoms with Crippen LogP contribution in [0.15, 0.2) is 0 Å². The van der Waals surface area contributed by atoms with Crippen molar-refractivity contribution in [3.8, 4) is 0 Å². The van der Waals surface area contributed by atoms with Crippen molar-refractivity contribution in [3.63, 3.8) is 0 Å². The Bertz CT molecular complexity index is 678. The van der Waals surface area contributed by atoms with Gasteiger partial charge >= 0.3 is 0 Å². The van der Waals surface area contributed by atoms with Crippen molar-refractivity contribution >= 4 is 21.6 Å². The van der Waals surface area contributed by atoms with E-state index < -0.39 is 9.84 Å². The largest absolute Gasteiger partial charge is 0.310 e. The lowest BCUT2D eigenvalue weighted by atomic mass is 10.1. The van der Waals surface area contributed by atoms with E-state index in [1.165, 1.54) is 0 Å². The van der Waals surface area contributed by atoms with Crippen LogP contribution in [0.1, 0.15) is 44.9 Å². The van der Waals surface area contributed by atoms with Gasteiger partial charge in [-0.25, -0.2) is 13.1 Å². The van der Waals surface area contributed by atoms with Crippen molar-refractivity contribution in [2.24, 2.45) is 5.92 Å². The second kappa shape index (κ2) is 4.07. The fourth-order valence-electron chi connectivity index (χ4n) is 2.42. The van der Waals surface area contributed by atoms with Crippen molar-refractivity contribution in [2.75, 3.05) is 5.32 Å². The first-order valence-corrected chi connectivity index (χ1v) is 8.62. The monoisotopic (exact) mass is 297 g/mol. The number of carbonyl (C=O) groups excluding carboxylic acids is 1. The number of rotatable bonds is 2. The lowest BCUT2D eigenvalue weighted by Crippen LogP contribution is -2.28. The van der Waals surface area contributed by atoms with Crippen LogP contribution in [0.25, 0.3) is 0 Å². The van der Waals surface area contributed by atoms with E-state index in [0.717, 1.165) is 12.8 Å². The molecule has 0 bridgehead atoms. The minimum atomic E-state index is -3.11. The van der Waals surface area contributed by atoms with E-state index in [9.17, 15) is 13.2 Å². The number of anilines is 1. The Balaban J connectivity index is 2.03. The molecular weight excluding hydrogens is 278 g/mol. The zero-order valence-electron chi connectivity index (χ0n) is 11.9. The van der Waals surface area contributed by atoms with E-state index in [1.54, 1.807) is 4.68 Å². The Morgan fingerprint density at radius 1 is 1.30 bits per heavy atom. The predicted molar refractivity (Wildman–Crippen MR) is 74.9 cm³/mol. The molecule has 1 saturated carbocycles. The average Bonchev–Trinajstić information content (AvgIpc) is 3.01. The van der Waals surface area contributed by atoms with Gasteiger partial charge in [0.1, 0.15) is 5.82 Å². The van der Waals surface area contributed by atoms with Gasteiger partial charge in [-0.15, -0.1) is 0 Å². The maximum Gasteiger partial charge on any atom is 0.228 e. The molecule has 6 nitrogen and oxygen atoms in total. The standard InChI is InChI=1S/C13H19N3O3S/c1-13(2,3)16-11(14-12(17)8-4-5-8)9-6-20(18,19)7-10(9)15-16/h8H,4-7H2,1-3H3,(H,14,17). The molecule has 1 amide bonds. The summed E-state index contributed by atoms with van der Waals surface area (Å²) in [5.41, 5.74) is 0.931. The first kappa shape index (κ1) is 13.6. The van der Waals surface area contributed by atoms with Crippen LogP contribution in [0.2, 0.25) is 0 Å². The number of amides is 1. The van der Waals surface area contributed by atoms with E-state index in [2.05, 4.69) is 10.4 Å². The molecule has 0 atom stereocenters. The number of sulfone groups is 1. The van der Waals surface area contributed by atoms with Crippen LogP contribution in [0, 0.1) is 5.92 Å². The first-order valence-electron chi connectivity index (χ1n) is 6.80. The molecule has 0 saturated heterocycles. The van der Waals surface area contributed by atoms with Crippen LogP contribution in [-0.2, 0) is 31.7 Å². The summed E-state index contributed by atoms with van der Waals surface area (Å²) in [5, 5.41) is 7.31. The molecule has 3 rings (SSSR count). The van der Waals surface area contributed by atoms with Crippen LogP contribution < -0.4 is 5.32 Å². The number of hydrogen-bond acceptors (Lipinski definition) is 4. The van der Waals surface area contributed by atoms with E-state index in [-0.39, 0.29) is 28.9 Å². The van der Waals surface area contributed by atoms with E-state index in [1.807, 2.05) is 20.8 Å². The van der Waals surface area contributed by atoms with E-state index in [4.69, 9.17) is 0 Å². The number of nitrogens with zero attached hydrogens (tertiary/aromatic N) is 2. The van der Waals surface area contributed by atoms with Gasteiger partial charge in [-0.3, -0.25) is 4.79 Å². The Morgan fingerprint density at radius 2 is 1.95 bits per heavy atom. The van der Waals surface area contributed by atoms with Gasteiger partial charge in [-0.05, 0) is 33.6 Å². The minimum absolute atomic E-state index is 0.0255. The number of hydrogen-bond donors (Lipinski definition) is 1. The molecule has 0 unspecified atom stereocenters. The van der Waals surface area contributed by atoms with Gasteiger partial charge in [0.15, 0.2) is 9.84 Å². The Morgan fingerprint density at radius 3 is 2.50 bits per heavy atom. The quantitative estimate of drug-likeness (QED) is 0.895. The Hall–Kier alpha value is -1.37. The third-order valence-electron chi connectivity index (χ3n) is 3.61. The van der Waals surface area contributed by atoms with Gasteiger partial charge in [0, 0.05) is 11.5 Å². The Labute approximate surface area is 118 Å². The maximum absolute atomic E-state index is 12.0. The Kier molecular flexibility index (Phi) is 2.77. The molecule has 1 N–H and O–H groups in total. The third kappa shape index (κ3) is 2.34. The van der Waals surface area contributed by atoms with Gasteiger partial charge in [-0.2, -0.15) is 5.10 Å². The topological polar surface area (TPSA) is 81.1 Å². The summed E-state index contributed by atoms with van der Waals surface area (Å²) in [6.07, 6.45) is 1.83. The van der Waals surface area contributed by atoms with Gasteiger partial charge < -0.3 is 5.32 Å². The van der Waals surface area contributed by atoms with Crippen molar-refractivity contribution in [1.29, 1.82) is 0 Å². The second-order valence-electron chi connectivity index (χ2n) is 6.65. The fraction of sp³-hybridized carbons (Fsp3) is 0.692. The third-order valence-corrected chi connectivity index (χ3v) is 5.05. The number of carbonyl (C=O) groups is 1. The highest BCUT2D eigenvalue weighted by Gasteiger charge is 2.37. The predicted octanol–water partition coefficient (Wildman–Crippen LogP) is 1.42. The van der Waals surface area contributed by atoms with Crippen molar-refractivity contribution in [1.82, 2.24) is 9.78 Å². The van der Waals surface area contributed by atoms with Crippen LogP contribution in [0.4, 0.5) is 5.82 Å². The second-order valence-corrected chi connectivity index (χ2v) is 8.72. The molecular formula is C13H19N3O3S. The summed E-state index contributed by atoms with van der Waals surface area (Å²) < 4.78 is 25.2. The molecule has 1 aromatic heterocycles. The SMILES string of the molecule is CC(C)(C)n1nc2c(c1NC(=O)C1CC1)CS(=O)(=O)C2. The molecule has 2 aliphatic rings. The summed E-state index contributed by atoms with van der Waals surface area (Å²) in [6.45, 7) is 5.95. The van der Waals surface area contributed by atoms with Crippen molar-refractivity contribution in [3.05, 3.63) is 11.3 Å². The lowest BCUT2D eigenvalue weighted by molar-refractivity contribution is -0.117. The molecule has 20 heavy (non-hydrogen) atoms. The van der Waals surface area contributed by atoms with Crippen molar-refractivity contribution < 1.29 is 13.2 Å². The molecule has 7 heteroatoms. The maximum atomic E-state index is 12.0. The van der Waals surface area contributed by atoms with Crippen LogP contribution >= 0.6 is 0 Å². The molecule has 1 aliphatic heterocycles. The molecule has 1 fully saturated rings. The minimum Gasteiger partial charge on any atom is -0.310 e. The highest BCUT2D eigenvalue weighted by Crippen LogP contribution is 2.36. The first-order chi connectivity index (χ1) is 9.17. The van der Waals surface area contributed by atoms with Crippen molar-refractivity contribution in [2.45, 2.75) is 50.7 Å². The van der Waals surface area contributed by atoms with Crippen LogP contribution in [-0.4, -0.2) is 24.1 Å². The summed E-state index contributed by atoms with van der Waals surface area (Å²) in [4.78, 5) is 12.0. The van der Waals surface area contributed by atoms with Crippen LogP contribution in [0.3, 0.4) is 0 Å². The zero-order chi connectivity index (χ0) is 14.7. The molecule has 2 heterocycles. The fourth-order valence-corrected chi connectivity index (χ4v) is 3.91. The normalized spacial score (nSPS) is 20.8. The number of aromatic nitrogens is 2. The highest BCUT2D eigenvalue weighted by molar-refractivity contribution is 7.90. The summed E-state index contributed by atoms with van der Waals surface area (Å²) in [7, 11) is -3.11. The molecule has 0 spiro atoms. The summed E-state index contributed by atoms with van der Waals surface area (Å²) in [6, 6.07) is 0. The average molecular weight is 297 g/mol. The van der Waals surface area contributed by atoms with Gasteiger partial charge in [0.05, 0.1) is 22.7 Å². The van der Waals surface area contributed by atoms with E-state index >= 15 is 0 Å². The molecule has 1 aliphatic carbocycles. The van der Waals surface area contributed by atoms with Gasteiger partial charge in [0.25, 0.3) is 0 Å². The zero-order valence-corrected chi connectivity index (χ0v) is 12.7. The number of fused-ring (bicyclic) bond motifs is 1. The summed E-state index contributed by atoms with van der Waals surface area (Å²) >= 11 is 0. The highest BCUT2D eigenvalue weighted by atomic mass is 32.2. The smallest absolute Gasteiger partial charge is 0.228 e.